The fraction of sp³-hybridized carbons (Fsp3) is 0.227. The van der Waals surface area contributed by atoms with Gasteiger partial charge in [0.25, 0.3) is 0 Å². The number of alkyl halides is 4. The predicted octanol–water partition coefficient (Wildman–Crippen LogP) is 3.77. The number of aromatic nitrogens is 6. The SMILES string of the molecule is COC(=O)c1nc(Cn2nc(-c3ccc(Cl)cc3)n(CCF)c2=O)nn1-c1ccccc1C(F)(F)F. The van der Waals surface area contributed by atoms with Gasteiger partial charge in [0.2, 0.25) is 5.82 Å². The molecule has 4 aromatic rings. The van der Waals surface area contributed by atoms with Gasteiger partial charge in [-0.25, -0.2) is 28.3 Å². The van der Waals surface area contributed by atoms with Gasteiger partial charge in [-0.1, -0.05) is 23.7 Å². The van der Waals surface area contributed by atoms with Crippen molar-refractivity contribution in [3.05, 3.63) is 81.3 Å². The molecule has 0 saturated heterocycles. The van der Waals surface area contributed by atoms with Crippen molar-refractivity contribution in [2.75, 3.05) is 13.8 Å². The van der Waals surface area contributed by atoms with E-state index in [0.717, 1.165) is 28.5 Å². The van der Waals surface area contributed by atoms with E-state index in [4.69, 9.17) is 11.6 Å². The molecule has 0 N–H and O–H groups in total. The number of hydrogen-bond acceptors (Lipinski definition) is 6. The highest BCUT2D eigenvalue weighted by Crippen LogP contribution is 2.34. The Hall–Kier alpha value is -4.00. The molecule has 9 nitrogen and oxygen atoms in total. The summed E-state index contributed by atoms with van der Waals surface area (Å²) in [5, 5.41) is 8.71. The Kier molecular flexibility index (Phi) is 6.93. The van der Waals surface area contributed by atoms with Crippen LogP contribution in [0.3, 0.4) is 0 Å². The van der Waals surface area contributed by atoms with Gasteiger partial charge in [-0.2, -0.15) is 13.2 Å². The molecule has 0 radical (unpaired) electrons. The van der Waals surface area contributed by atoms with Gasteiger partial charge in [0.1, 0.15) is 13.2 Å². The first kappa shape index (κ1) is 25.1. The van der Waals surface area contributed by atoms with Gasteiger partial charge in [0.15, 0.2) is 11.6 Å². The Balaban J connectivity index is 1.80. The van der Waals surface area contributed by atoms with Crippen LogP contribution < -0.4 is 5.69 Å². The standard InChI is InChI=1S/C22H17ClF4N6O3/c1-36-20(34)19-28-17(29-33(19)16-5-3-2-4-15(16)22(25,26)27)12-32-21(35)31(11-10-24)18(30-32)13-6-8-14(23)9-7-13/h2-9H,10-12H2,1H3. The minimum atomic E-state index is -4.74. The molecular formula is C22H17ClF4N6O3. The number of halogens is 5. The lowest BCUT2D eigenvalue weighted by Gasteiger charge is -2.13. The van der Waals surface area contributed by atoms with Crippen molar-refractivity contribution >= 4 is 17.6 Å². The van der Waals surface area contributed by atoms with Crippen LogP contribution in [-0.4, -0.2) is 48.9 Å². The van der Waals surface area contributed by atoms with Crippen molar-refractivity contribution < 1.29 is 27.1 Å². The third-order valence-electron chi connectivity index (χ3n) is 5.08. The van der Waals surface area contributed by atoms with Crippen molar-refractivity contribution in [3.8, 4) is 17.1 Å². The summed E-state index contributed by atoms with van der Waals surface area (Å²) < 4.78 is 61.3. The summed E-state index contributed by atoms with van der Waals surface area (Å²) in [5.74, 6) is -1.62. The third-order valence-corrected chi connectivity index (χ3v) is 5.33. The van der Waals surface area contributed by atoms with Crippen LogP contribution >= 0.6 is 11.6 Å². The number of hydrogen-bond donors (Lipinski definition) is 0. The van der Waals surface area contributed by atoms with E-state index in [1.807, 2.05) is 0 Å². The lowest BCUT2D eigenvalue weighted by Crippen LogP contribution is -2.26. The second kappa shape index (κ2) is 9.93. The van der Waals surface area contributed by atoms with E-state index in [0.29, 0.717) is 15.3 Å². The van der Waals surface area contributed by atoms with E-state index in [1.54, 1.807) is 24.3 Å². The highest BCUT2D eigenvalue weighted by Gasteiger charge is 2.35. The maximum atomic E-state index is 13.6. The van der Waals surface area contributed by atoms with Crippen LogP contribution in [0.15, 0.2) is 53.3 Å². The second-order valence-corrected chi connectivity index (χ2v) is 7.82. The highest BCUT2D eigenvalue weighted by atomic mass is 35.5. The van der Waals surface area contributed by atoms with Crippen LogP contribution in [0.25, 0.3) is 17.1 Å². The minimum Gasteiger partial charge on any atom is -0.463 e. The molecule has 4 rings (SSSR count). The first-order chi connectivity index (χ1) is 17.1. The van der Waals surface area contributed by atoms with Crippen molar-refractivity contribution in [3.63, 3.8) is 0 Å². The van der Waals surface area contributed by atoms with Gasteiger partial charge in [0, 0.05) is 10.6 Å². The minimum absolute atomic E-state index is 0.143. The summed E-state index contributed by atoms with van der Waals surface area (Å²) in [5.41, 5.74) is -1.73. The second-order valence-electron chi connectivity index (χ2n) is 7.38. The fourth-order valence-corrected chi connectivity index (χ4v) is 3.61. The molecule has 2 heterocycles. The quantitative estimate of drug-likeness (QED) is 0.270. The summed E-state index contributed by atoms with van der Waals surface area (Å²) >= 11 is 5.91. The molecule has 2 aromatic carbocycles. The van der Waals surface area contributed by atoms with E-state index >= 15 is 0 Å². The van der Waals surface area contributed by atoms with Crippen molar-refractivity contribution in [2.24, 2.45) is 0 Å². The number of rotatable bonds is 7. The average Bonchev–Trinajstić information content (AvgIpc) is 3.41. The number of ether oxygens (including phenoxy) is 1. The normalized spacial score (nSPS) is 11.6. The monoisotopic (exact) mass is 524 g/mol. The summed E-state index contributed by atoms with van der Waals surface area (Å²) in [6.45, 7) is -1.55. The van der Waals surface area contributed by atoms with Crippen LogP contribution in [0.4, 0.5) is 17.6 Å². The smallest absolute Gasteiger partial charge is 0.418 e. The molecule has 0 unspecified atom stereocenters. The Morgan fingerprint density at radius 1 is 1.08 bits per heavy atom. The predicted molar refractivity (Wildman–Crippen MR) is 120 cm³/mol. The number of nitrogens with zero attached hydrogens (tertiary/aromatic N) is 6. The molecule has 0 aliphatic heterocycles. The van der Waals surface area contributed by atoms with Crippen LogP contribution in [0.2, 0.25) is 5.02 Å². The Morgan fingerprint density at radius 2 is 1.78 bits per heavy atom. The van der Waals surface area contributed by atoms with Gasteiger partial charge in [-0.15, -0.1) is 10.2 Å². The first-order valence-corrected chi connectivity index (χ1v) is 10.7. The molecule has 188 valence electrons. The van der Waals surface area contributed by atoms with Crippen LogP contribution in [-0.2, 0) is 24.0 Å². The summed E-state index contributed by atoms with van der Waals surface area (Å²) in [7, 11) is 1.04. The Bertz CT molecular complexity index is 1460. The van der Waals surface area contributed by atoms with Crippen LogP contribution in [0.5, 0.6) is 0 Å². The largest absolute Gasteiger partial charge is 0.463 e. The van der Waals surface area contributed by atoms with Gasteiger partial charge in [0.05, 0.1) is 24.9 Å². The molecule has 0 bridgehead atoms. The first-order valence-electron chi connectivity index (χ1n) is 10.3. The molecule has 0 amide bonds. The van der Waals surface area contributed by atoms with E-state index in [9.17, 15) is 27.2 Å². The average molecular weight is 525 g/mol. The molecule has 0 aliphatic carbocycles. The molecular weight excluding hydrogens is 508 g/mol. The maximum absolute atomic E-state index is 13.6. The topological polar surface area (TPSA) is 96.8 Å². The molecule has 14 heteroatoms. The van der Waals surface area contributed by atoms with Gasteiger partial charge in [-0.3, -0.25) is 4.57 Å². The molecule has 0 spiro atoms. The van der Waals surface area contributed by atoms with Crippen molar-refractivity contribution in [2.45, 2.75) is 19.3 Å². The maximum Gasteiger partial charge on any atom is 0.418 e. The number of benzene rings is 2. The zero-order valence-corrected chi connectivity index (χ0v) is 19.3. The van der Waals surface area contributed by atoms with Gasteiger partial charge in [-0.05, 0) is 36.4 Å². The molecule has 0 saturated carbocycles. The fourth-order valence-electron chi connectivity index (χ4n) is 3.49. The van der Waals surface area contributed by atoms with Gasteiger partial charge >= 0.3 is 17.8 Å². The Labute approximate surface area is 205 Å². The Morgan fingerprint density at radius 3 is 2.42 bits per heavy atom. The summed E-state index contributed by atoms with van der Waals surface area (Å²) in [4.78, 5) is 29.2. The number of carbonyl (C=O) groups excluding carboxylic acids is 1. The lowest BCUT2D eigenvalue weighted by molar-refractivity contribution is -0.137. The molecule has 2 aromatic heterocycles. The molecule has 0 aliphatic rings. The zero-order chi connectivity index (χ0) is 26.0. The molecule has 36 heavy (non-hydrogen) atoms. The number of carbonyl (C=O) groups is 1. The summed E-state index contributed by atoms with van der Waals surface area (Å²) in [6, 6.07) is 10.8. The number of para-hydroxylation sites is 1. The van der Waals surface area contributed by atoms with Crippen molar-refractivity contribution in [1.82, 2.24) is 29.1 Å². The van der Waals surface area contributed by atoms with E-state index in [2.05, 4.69) is 19.9 Å². The van der Waals surface area contributed by atoms with Crippen molar-refractivity contribution in [1.29, 1.82) is 0 Å². The summed E-state index contributed by atoms with van der Waals surface area (Å²) in [6.07, 6.45) is -4.74. The van der Waals surface area contributed by atoms with Gasteiger partial charge < -0.3 is 4.74 Å². The zero-order valence-electron chi connectivity index (χ0n) is 18.5. The van der Waals surface area contributed by atoms with E-state index < -0.39 is 48.1 Å². The van der Waals surface area contributed by atoms with Crippen LogP contribution in [0, 0.1) is 0 Å². The molecule has 0 fully saturated rings. The van der Waals surface area contributed by atoms with E-state index in [1.165, 1.54) is 12.1 Å². The van der Waals surface area contributed by atoms with E-state index in [-0.39, 0.29) is 18.2 Å². The molecule has 0 atom stereocenters. The lowest BCUT2D eigenvalue weighted by atomic mass is 10.1. The van der Waals surface area contributed by atoms with Crippen LogP contribution in [0.1, 0.15) is 22.0 Å². The number of esters is 1. The third kappa shape index (κ3) is 4.87. The highest BCUT2D eigenvalue weighted by molar-refractivity contribution is 6.30. The number of methoxy groups -OCH3 is 1.